The van der Waals surface area contributed by atoms with Crippen molar-refractivity contribution in [2.24, 2.45) is 5.84 Å². The van der Waals surface area contributed by atoms with E-state index >= 15 is 0 Å². The Bertz CT molecular complexity index is 340. The van der Waals surface area contributed by atoms with Crippen LogP contribution in [0.3, 0.4) is 0 Å². The van der Waals surface area contributed by atoms with Crippen molar-refractivity contribution in [1.29, 1.82) is 0 Å². The minimum Gasteiger partial charge on any atom is -0.383 e. The van der Waals surface area contributed by atoms with E-state index < -0.39 is 0 Å². The third kappa shape index (κ3) is 2.26. The van der Waals surface area contributed by atoms with Crippen LogP contribution >= 0.6 is 0 Å². The molecule has 0 saturated carbocycles. The van der Waals surface area contributed by atoms with Crippen LogP contribution in [0.1, 0.15) is 29.9 Å². The summed E-state index contributed by atoms with van der Waals surface area (Å²) < 4.78 is 5.22. The average molecular weight is 220 g/mol. The third-order valence-electron chi connectivity index (χ3n) is 3.46. The lowest BCUT2D eigenvalue weighted by Gasteiger charge is -2.31. The topological polar surface area (TPSA) is 47.3 Å². The Balaban J connectivity index is 2.23. The molecule has 0 saturated heterocycles. The average Bonchev–Trinajstić information content (AvgIpc) is 2.35. The second kappa shape index (κ2) is 5.43. The van der Waals surface area contributed by atoms with Crippen molar-refractivity contribution in [3.05, 3.63) is 35.4 Å². The molecule has 0 heterocycles. The van der Waals surface area contributed by atoms with Gasteiger partial charge in [-0.1, -0.05) is 24.3 Å². The first-order valence-electron chi connectivity index (χ1n) is 5.89. The molecule has 0 fully saturated rings. The van der Waals surface area contributed by atoms with Gasteiger partial charge < -0.3 is 4.74 Å². The lowest BCUT2D eigenvalue weighted by molar-refractivity contribution is 0.151. The van der Waals surface area contributed by atoms with Gasteiger partial charge in [-0.25, -0.2) is 0 Å². The van der Waals surface area contributed by atoms with Crippen molar-refractivity contribution in [1.82, 2.24) is 5.43 Å². The lowest BCUT2D eigenvalue weighted by atomic mass is 9.79. The Morgan fingerprint density at radius 1 is 1.50 bits per heavy atom. The molecular weight excluding hydrogens is 200 g/mol. The molecule has 16 heavy (non-hydrogen) atoms. The molecule has 1 aromatic rings. The molecule has 1 aromatic carbocycles. The van der Waals surface area contributed by atoms with Crippen LogP contribution in [0.4, 0.5) is 0 Å². The van der Waals surface area contributed by atoms with Crippen LogP contribution < -0.4 is 11.3 Å². The number of nitrogens with two attached hydrogens (primary N) is 1. The van der Waals surface area contributed by atoms with Gasteiger partial charge in [0.1, 0.15) is 0 Å². The molecule has 3 nitrogen and oxygen atoms in total. The van der Waals surface area contributed by atoms with Crippen molar-refractivity contribution in [2.45, 2.75) is 31.2 Å². The largest absolute Gasteiger partial charge is 0.383 e. The van der Waals surface area contributed by atoms with E-state index in [1.54, 1.807) is 7.11 Å². The summed E-state index contributed by atoms with van der Waals surface area (Å²) in [5, 5.41) is 0. The molecular formula is C13H20N2O. The zero-order chi connectivity index (χ0) is 11.4. The highest BCUT2D eigenvalue weighted by Crippen LogP contribution is 2.33. The number of fused-ring (bicyclic) bond motifs is 1. The van der Waals surface area contributed by atoms with Gasteiger partial charge in [0.2, 0.25) is 0 Å². The van der Waals surface area contributed by atoms with Gasteiger partial charge in [-0.2, -0.15) is 0 Å². The minimum absolute atomic E-state index is 0.214. The molecule has 0 aliphatic heterocycles. The first-order chi connectivity index (χ1) is 7.86. The fraction of sp³-hybridized carbons (Fsp3) is 0.538. The number of nitrogens with one attached hydrogen (secondary N) is 1. The predicted octanol–water partition coefficient (Wildman–Crippen LogP) is 1.58. The SMILES string of the molecule is COCC(NN)C1CCCc2ccccc21. The van der Waals surface area contributed by atoms with Gasteiger partial charge in [-0.05, 0) is 30.4 Å². The summed E-state index contributed by atoms with van der Waals surface area (Å²) in [5.74, 6) is 6.10. The minimum atomic E-state index is 0.214. The number of hydrogen-bond donors (Lipinski definition) is 2. The molecule has 0 spiro atoms. The van der Waals surface area contributed by atoms with E-state index in [1.165, 1.54) is 30.4 Å². The van der Waals surface area contributed by atoms with Crippen LogP contribution in [-0.4, -0.2) is 19.8 Å². The number of benzene rings is 1. The quantitative estimate of drug-likeness (QED) is 0.598. The fourth-order valence-electron chi connectivity index (χ4n) is 2.67. The van der Waals surface area contributed by atoms with Gasteiger partial charge in [-0.15, -0.1) is 0 Å². The normalized spacial score (nSPS) is 21.5. The van der Waals surface area contributed by atoms with Crippen LogP contribution in [0, 0.1) is 0 Å². The Hall–Kier alpha value is -0.900. The third-order valence-corrected chi connectivity index (χ3v) is 3.46. The van der Waals surface area contributed by atoms with Gasteiger partial charge in [0, 0.05) is 13.0 Å². The molecule has 3 N–H and O–H groups in total. The molecule has 2 atom stereocenters. The Morgan fingerprint density at radius 2 is 2.31 bits per heavy atom. The predicted molar refractivity (Wildman–Crippen MR) is 65.1 cm³/mol. The second-order valence-electron chi connectivity index (χ2n) is 4.43. The Labute approximate surface area is 97.0 Å². The summed E-state index contributed by atoms with van der Waals surface area (Å²) >= 11 is 0. The van der Waals surface area contributed by atoms with Gasteiger partial charge in [0.05, 0.1) is 12.6 Å². The van der Waals surface area contributed by atoms with E-state index in [4.69, 9.17) is 10.6 Å². The lowest BCUT2D eigenvalue weighted by Crippen LogP contribution is -2.43. The summed E-state index contributed by atoms with van der Waals surface area (Å²) in [7, 11) is 1.72. The van der Waals surface area contributed by atoms with Crippen molar-refractivity contribution < 1.29 is 4.74 Å². The number of ether oxygens (including phenoxy) is 1. The van der Waals surface area contributed by atoms with Gasteiger partial charge >= 0.3 is 0 Å². The van der Waals surface area contributed by atoms with Gasteiger partial charge in [0.15, 0.2) is 0 Å². The number of hydrogen-bond acceptors (Lipinski definition) is 3. The second-order valence-corrected chi connectivity index (χ2v) is 4.43. The number of rotatable bonds is 4. The molecule has 3 heteroatoms. The zero-order valence-electron chi connectivity index (χ0n) is 9.78. The fourth-order valence-corrected chi connectivity index (χ4v) is 2.67. The van der Waals surface area contributed by atoms with Crippen molar-refractivity contribution >= 4 is 0 Å². The maximum Gasteiger partial charge on any atom is 0.0635 e. The Kier molecular flexibility index (Phi) is 3.93. The highest BCUT2D eigenvalue weighted by atomic mass is 16.5. The van der Waals surface area contributed by atoms with E-state index in [9.17, 15) is 0 Å². The smallest absolute Gasteiger partial charge is 0.0635 e. The molecule has 0 bridgehead atoms. The number of hydrazine groups is 1. The van der Waals surface area contributed by atoms with Crippen LogP contribution in [0.2, 0.25) is 0 Å². The monoisotopic (exact) mass is 220 g/mol. The van der Waals surface area contributed by atoms with Crippen LogP contribution in [-0.2, 0) is 11.2 Å². The summed E-state index contributed by atoms with van der Waals surface area (Å²) in [6.07, 6.45) is 3.62. The van der Waals surface area contributed by atoms with E-state index in [-0.39, 0.29) is 6.04 Å². The highest BCUT2D eigenvalue weighted by Gasteiger charge is 2.26. The molecule has 0 radical (unpaired) electrons. The van der Waals surface area contributed by atoms with E-state index in [2.05, 4.69) is 29.7 Å². The molecule has 2 rings (SSSR count). The maximum atomic E-state index is 5.62. The van der Waals surface area contributed by atoms with E-state index in [0.29, 0.717) is 12.5 Å². The summed E-state index contributed by atoms with van der Waals surface area (Å²) in [6.45, 7) is 0.662. The Morgan fingerprint density at radius 3 is 3.06 bits per heavy atom. The molecule has 1 aliphatic rings. The standard InChI is InChI=1S/C13H20N2O/c1-16-9-13(15-14)12-8-4-6-10-5-2-3-7-11(10)12/h2-3,5,7,12-13,15H,4,6,8-9,14H2,1H3. The molecule has 0 amide bonds. The molecule has 88 valence electrons. The first kappa shape index (κ1) is 11.6. The summed E-state index contributed by atoms with van der Waals surface area (Å²) in [6, 6.07) is 8.88. The van der Waals surface area contributed by atoms with E-state index in [0.717, 1.165) is 0 Å². The van der Waals surface area contributed by atoms with Crippen LogP contribution in [0.5, 0.6) is 0 Å². The van der Waals surface area contributed by atoms with Crippen LogP contribution in [0.25, 0.3) is 0 Å². The van der Waals surface area contributed by atoms with Gasteiger partial charge in [0.25, 0.3) is 0 Å². The summed E-state index contributed by atoms with van der Waals surface area (Å²) in [4.78, 5) is 0. The van der Waals surface area contributed by atoms with E-state index in [1.807, 2.05) is 0 Å². The van der Waals surface area contributed by atoms with Gasteiger partial charge in [-0.3, -0.25) is 11.3 Å². The van der Waals surface area contributed by atoms with Crippen molar-refractivity contribution in [2.75, 3.05) is 13.7 Å². The van der Waals surface area contributed by atoms with Crippen molar-refractivity contribution in [3.8, 4) is 0 Å². The number of methoxy groups -OCH3 is 1. The number of aryl methyl sites for hydroxylation is 1. The highest BCUT2D eigenvalue weighted by molar-refractivity contribution is 5.33. The van der Waals surface area contributed by atoms with Crippen molar-refractivity contribution in [3.63, 3.8) is 0 Å². The summed E-state index contributed by atoms with van der Waals surface area (Å²) in [5.41, 5.74) is 5.79. The molecule has 2 unspecified atom stereocenters. The first-order valence-corrected chi connectivity index (χ1v) is 5.89. The molecule has 1 aliphatic carbocycles. The van der Waals surface area contributed by atoms with Crippen LogP contribution in [0.15, 0.2) is 24.3 Å². The molecule has 0 aromatic heterocycles. The zero-order valence-corrected chi connectivity index (χ0v) is 9.78. The maximum absolute atomic E-state index is 5.62.